The molecule has 0 radical (unpaired) electrons. The Morgan fingerprint density at radius 3 is 3.17 bits per heavy atom. The first-order valence-electron chi connectivity index (χ1n) is 6.27. The Kier molecular flexibility index (Phi) is 3.14. The van der Waals surface area contributed by atoms with Gasteiger partial charge in [-0.15, -0.1) is 0 Å². The number of nitrogen functional groups attached to an aromatic ring is 1. The van der Waals surface area contributed by atoms with Gasteiger partial charge >= 0.3 is 0 Å². The molecule has 2 N–H and O–H groups in total. The van der Waals surface area contributed by atoms with Crippen molar-refractivity contribution < 1.29 is 4.74 Å². The van der Waals surface area contributed by atoms with Gasteiger partial charge in [0.05, 0.1) is 17.1 Å². The van der Waals surface area contributed by atoms with Gasteiger partial charge in [0, 0.05) is 18.2 Å². The molecule has 1 aromatic heterocycles. The number of hydrogen-bond acceptors (Lipinski definition) is 3. The second kappa shape index (κ2) is 4.78. The molecular formula is C13H16ClN3O. The van der Waals surface area contributed by atoms with E-state index in [-0.39, 0.29) is 0 Å². The number of hydrogen-bond donors (Lipinski definition) is 1. The van der Waals surface area contributed by atoms with Crippen LogP contribution in [-0.4, -0.2) is 22.3 Å². The van der Waals surface area contributed by atoms with Gasteiger partial charge in [0.25, 0.3) is 0 Å². The third-order valence-electron chi connectivity index (χ3n) is 3.44. The molecule has 0 spiro atoms. The van der Waals surface area contributed by atoms with Crippen molar-refractivity contribution in [3.8, 4) is 0 Å². The minimum absolute atomic E-state index is 0.362. The summed E-state index contributed by atoms with van der Waals surface area (Å²) in [7, 11) is 0. The summed E-state index contributed by atoms with van der Waals surface area (Å²) < 4.78 is 7.64. The van der Waals surface area contributed by atoms with Crippen molar-refractivity contribution in [1.29, 1.82) is 0 Å². The SMILES string of the molecule is Nc1nc2ccc(Cl)cc2n1CCC1CCCO1. The van der Waals surface area contributed by atoms with Crippen molar-refractivity contribution in [1.82, 2.24) is 9.55 Å². The molecule has 0 saturated carbocycles. The zero-order chi connectivity index (χ0) is 12.5. The minimum Gasteiger partial charge on any atom is -0.378 e. The lowest BCUT2D eigenvalue weighted by Gasteiger charge is -2.11. The van der Waals surface area contributed by atoms with Gasteiger partial charge in [0.2, 0.25) is 5.95 Å². The zero-order valence-electron chi connectivity index (χ0n) is 10.1. The number of rotatable bonds is 3. The van der Waals surface area contributed by atoms with Crippen molar-refractivity contribution in [3.05, 3.63) is 23.2 Å². The van der Waals surface area contributed by atoms with Crippen LogP contribution in [0.15, 0.2) is 18.2 Å². The van der Waals surface area contributed by atoms with Gasteiger partial charge in [-0.2, -0.15) is 0 Å². The molecule has 2 heterocycles. The average molecular weight is 266 g/mol. The lowest BCUT2D eigenvalue weighted by Crippen LogP contribution is -2.11. The highest BCUT2D eigenvalue weighted by Gasteiger charge is 2.16. The monoisotopic (exact) mass is 265 g/mol. The number of benzene rings is 1. The number of anilines is 1. The fraction of sp³-hybridized carbons (Fsp3) is 0.462. The molecule has 0 aliphatic carbocycles. The number of nitrogens with two attached hydrogens (primary N) is 1. The van der Waals surface area contributed by atoms with E-state index >= 15 is 0 Å². The first kappa shape index (κ1) is 11.8. The standard InChI is InChI=1S/C13H16ClN3O/c14-9-3-4-11-12(8-9)17(13(15)16-11)6-5-10-2-1-7-18-10/h3-4,8,10H,1-2,5-7H2,(H2,15,16). The number of fused-ring (bicyclic) bond motifs is 1. The van der Waals surface area contributed by atoms with Crippen molar-refractivity contribution in [2.24, 2.45) is 0 Å². The normalized spacial score (nSPS) is 19.7. The van der Waals surface area contributed by atoms with Gasteiger partial charge in [-0.3, -0.25) is 0 Å². The van der Waals surface area contributed by atoms with E-state index in [1.54, 1.807) is 0 Å². The maximum atomic E-state index is 6.02. The first-order valence-corrected chi connectivity index (χ1v) is 6.65. The molecule has 1 fully saturated rings. The zero-order valence-corrected chi connectivity index (χ0v) is 10.9. The Bertz CT molecular complexity index is 561. The van der Waals surface area contributed by atoms with E-state index in [0.717, 1.165) is 43.4 Å². The quantitative estimate of drug-likeness (QED) is 0.928. The highest BCUT2D eigenvalue weighted by molar-refractivity contribution is 6.31. The third-order valence-corrected chi connectivity index (χ3v) is 3.67. The number of aromatic nitrogens is 2. The van der Waals surface area contributed by atoms with Gasteiger partial charge in [-0.1, -0.05) is 11.6 Å². The number of imidazole rings is 1. The Labute approximate surface area is 111 Å². The molecule has 18 heavy (non-hydrogen) atoms. The van der Waals surface area contributed by atoms with E-state index in [1.807, 2.05) is 22.8 Å². The van der Waals surface area contributed by atoms with Crippen molar-refractivity contribution in [2.45, 2.75) is 31.9 Å². The summed E-state index contributed by atoms with van der Waals surface area (Å²) in [4.78, 5) is 4.34. The van der Waals surface area contributed by atoms with Gasteiger partial charge in [-0.25, -0.2) is 4.98 Å². The van der Waals surface area contributed by atoms with Crippen LogP contribution in [0.4, 0.5) is 5.95 Å². The molecule has 3 rings (SSSR count). The smallest absolute Gasteiger partial charge is 0.201 e. The Morgan fingerprint density at radius 2 is 2.39 bits per heavy atom. The van der Waals surface area contributed by atoms with Crippen LogP contribution in [0.1, 0.15) is 19.3 Å². The number of ether oxygens (including phenoxy) is 1. The van der Waals surface area contributed by atoms with Crippen LogP contribution in [0.3, 0.4) is 0 Å². The lowest BCUT2D eigenvalue weighted by molar-refractivity contribution is 0.101. The molecule has 1 aromatic carbocycles. The molecule has 0 amide bonds. The van der Waals surface area contributed by atoms with Crippen LogP contribution in [0, 0.1) is 0 Å². The maximum Gasteiger partial charge on any atom is 0.201 e. The van der Waals surface area contributed by atoms with Crippen molar-refractivity contribution >= 4 is 28.6 Å². The fourth-order valence-electron chi connectivity index (χ4n) is 2.49. The van der Waals surface area contributed by atoms with E-state index in [9.17, 15) is 0 Å². The van der Waals surface area contributed by atoms with Crippen molar-refractivity contribution in [2.75, 3.05) is 12.3 Å². The van der Waals surface area contributed by atoms with E-state index < -0.39 is 0 Å². The highest BCUT2D eigenvalue weighted by Crippen LogP contribution is 2.23. The molecule has 5 heteroatoms. The molecule has 1 aliphatic heterocycles. The molecule has 1 atom stereocenters. The molecule has 1 unspecified atom stereocenters. The number of halogens is 1. The van der Waals surface area contributed by atoms with E-state index in [1.165, 1.54) is 0 Å². The second-order valence-electron chi connectivity index (χ2n) is 4.68. The summed E-state index contributed by atoms with van der Waals surface area (Å²) in [6.45, 7) is 1.71. The van der Waals surface area contributed by atoms with Crippen LogP contribution < -0.4 is 5.73 Å². The van der Waals surface area contributed by atoms with E-state index in [4.69, 9.17) is 22.1 Å². The summed E-state index contributed by atoms with van der Waals surface area (Å²) in [5.41, 5.74) is 7.85. The van der Waals surface area contributed by atoms with Gasteiger partial charge < -0.3 is 15.0 Å². The van der Waals surface area contributed by atoms with Gasteiger partial charge in [-0.05, 0) is 37.5 Å². The van der Waals surface area contributed by atoms with E-state index in [2.05, 4.69) is 4.98 Å². The average Bonchev–Trinajstić information content (AvgIpc) is 2.94. The topological polar surface area (TPSA) is 53.1 Å². The maximum absolute atomic E-state index is 6.02. The van der Waals surface area contributed by atoms with Crippen LogP contribution in [0.25, 0.3) is 11.0 Å². The van der Waals surface area contributed by atoms with Gasteiger partial charge in [0.1, 0.15) is 0 Å². The molecule has 0 bridgehead atoms. The van der Waals surface area contributed by atoms with Crippen LogP contribution in [-0.2, 0) is 11.3 Å². The Hall–Kier alpha value is -1.26. The minimum atomic E-state index is 0.362. The van der Waals surface area contributed by atoms with Gasteiger partial charge in [0.15, 0.2) is 0 Å². The summed E-state index contributed by atoms with van der Waals surface area (Å²) in [5.74, 6) is 0.547. The molecular weight excluding hydrogens is 250 g/mol. The second-order valence-corrected chi connectivity index (χ2v) is 5.11. The Morgan fingerprint density at radius 1 is 1.50 bits per heavy atom. The summed E-state index contributed by atoms with van der Waals surface area (Å²) in [5, 5.41) is 0.709. The summed E-state index contributed by atoms with van der Waals surface area (Å²) in [6, 6.07) is 5.65. The highest BCUT2D eigenvalue weighted by atomic mass is 35.5. The molecule has 2 aromatic rings. The Balaban J connectivity index is 1.85. The number of nitrogens with zero attached hydrogens (tertiary/aromatic N) is 2. The molecule has 96 valence electrons. The predicted octanol–water partition coefficient (Wildman–Crippen LogP) is 2.84. The molecule has 4 nitrogen and oxygen atoms in total. The van der Waals surface area contributed by atoms with Crippen LogP contribution >= 0.6 is 11.6 Å². The first-order chi connectivity index (χ1) is 8.74. The number of aryl methyl sites for hydroxylation is 1. The van der Waals surface area contributed by atoms with Crippen LogP contribution in [0.2, 0.25) is 5.02 Å². The lowest BCUT2D eigenvalue weighted by atomic mass is 10.2. The summed E-state index contributed by atoms with van der Waals surface area (Å²) >= 11 is 6.02. The fourth-order valence-corrected chi connectivity index (χ4v) is 2.66. The van der Waals surface area contributed by atoms with Crippen LogP contribution in [0.5, 0.6) is 0 Å². The predicted molar refractivity (Wildman–Crippen MR) is 72.7 cm³/mol. The summed E-state index contributed by atoms with van der Waals surface area (Å²) in [6.07, 6.45) is 3.65. The van der Waals surface area contributed by atoms with E-state index in [0.29, 0.717) is 17.1 Å². The van der Waals surface area contributed by atoms with Crippen molar-refractivity contribution in [3.63, 3.8) is 0 Å². The molecule has 1 saturated heterocycles. The third kappa shape index (κ3) is 2.18. The molecule has 1 aliphatic rings. The largest absolute Gasteiger partial charge is 0.378 e.